The highest BCUT2D eigenvalue weighted by Gasteiger charge is 1.98. The molecule has 1 aromatic rings. The summed E-state index contributed by atoms with van der Waals surface area (Å²) in [4.78, 5) is 0. The maximum Gasteiger partial charge on any atom is 0.0824 e. The van der Waals surface area contributed by atoms with Crippen molar-refractivity contribution in [1.29, 1.82) is 0 Å². The third kappa shape index (κ3) is 2.92. The van der Waals surface area contributed by atoms with Gasteiger partial charge in [-0.3, -0.25) is 0 Å². The van der Waals surface area contributed by atoms with Gasteiger partial charge in [0.2, 0.25) is 0 Å². The Morgan fingerprint density at radius 3 is 2.60 bits per heavy atom. The summed E-state index contributed by atoms with van der Waals surface area (Å²) in [5, 5.41) is 0. The Balaban J connectivity index is 3.01. The van der Waals surface area contributed by atoms with E-state index in [0.29, 0.717) is 5.70 Å². The first kappa shape index (κ1) is 10.9. The smallest absolute Gasteiger partial charge is 0.0824 e. The summed E-state index contributed by atoms with van der Waals surface area (Å²) in [6.45, 7) is 1.96. The number of nitrogens with two attached hydrogens (primary N) is 2. The Morgan fingerprint density at radius 2 is 2.00 bits per heavy atom. The standard InChI is InChI=1S/C13H14N2/c1-3-11(14)9-8-10(2)12-6-4-5-7-13(12)15/h1,4-9H,14-15H2,2H3/b10-8+,11-9+. The number of para-hydroxylation sites is 1. The van der Waals surface area contributed by atoms with E-state index >= 15 is 0 Å². The van der Waals surface area contributed by atoms with E-state index in [2.05, 4.69) is 5.92 Å². The van der Waals surface area contributed by atoms with Gasteiger partial charge in [0.05, 0.1) is 5.70 Å². The molecule has 1 rings (SSSR count). The monoisotopic (exact) mass is 198 g/mol. The fourth-order valence-electron chi connectivity index (χ4n) is 1.21. The van der Waals surface area contributed by atoms with E-state index in [1.54, 1.807) is 6.08 Å². The van der Waals surface area contributed by atoms with Crippen LogP contribution in [0.5, 0.6) is 0 Å². The molecule has 0 radical (unpaired) electrons. The van der Waals surface area contributed by atoms with Crippen LogP contribution >= 0.6 is 0 Å². The Kier molecular flexibility index (Phi) is 3.59. The molecule has 0 bridgehead atoms. The Hall–Kier alpha value is -2.14. The molecule has 0 fully saturated rings. The summed E-state index contributed by atoms with van der Waals surface area (Å²) in [6.07, 6.45) is 8.69. The van der Waals surface area contributed by atoms with Crippen LogP contribution in [-0.2, 0) is 0 Å². The minimum Gasteiger partial charge on any atom is -0.398 e. The van der Waals surface area contributed by atoms with Gasteiger partial charge in [-0.05, 0) is 24.6 Å². The second-order valence-electron chi connectivity index (χ2n) is 3.20. The zero-order valence-electron chi connectivity index (χ0n) is 8.70. The van der Waals surface area contributed by atoms with Gasteiger partial charge in [-0.25, -0.2) is 0 Å². The molecular weight excluding hydrogens is 184 g/mol. The molecule has 0 aromatic heterocycles. The van der Waals surface area contributed by atoms with Gasteiger partial charge in [0.15, 0.2) is 0 Å². The number of terminal acetylenes is 1. The highest BCUT2D eigenvalue weighted by atomic mass is 14.6. The van der Waals surface area contributed by atoms with E-state index in [1.807, 2.05) is 37.3 Å². The number of hydrogen-bond acceptors (Lipinski definition) is 2. The van der Waals surface area contributed by atoms with Crippen molar-refractivity contribution in [3.8, 4) is 12.3 Å². The predicted octanol–water partition coefficient (Wildman–Crippen LogP) is 2.15. The predicted molar refractivity (Wildman–Crippen MR) is 65.6 cm³/mol. The van der Waals surface area contributed by atoms with Crippen LogP contribution in [-0.4, -0.2) is 0 Å². The number of hydrogen-bond donors (Lipinski definition) is 2. The van der Waals surface area contributed by atoms with Gasteiger partial charge in [0.1, 0.15) is 0 Å². The van der Waals surface area contributed by atoms with Gasteiger partial charge in [-0.2, -0.15) is 0 Å². The molecule has 15 heavy (non-hydrogen) atoms. The van der Waals surface area contributed by atoms with Gasteiger partial charge in [-0.1, -0.05) is 30.2 Å². The first-order chi connectivity index (χ1) is 7.15. The minimum absolute atomic E-state index is 0.406. The molecule has 0 atom stereocenters. The number of anilines is 1. The molecule has 0 spiro atoms. The normalized spacial score (nSPS) is 12.3. The van der Waals surface area contributed by atoms with Crippen molar-refractivity contribution in [3.05, 3.63) is 47.7 Å². The Labute approximate surface area is 90.3 Å². The van der Waals surface area contributed by atoms with E-state index in [0.717, 1.165) is 16.8 Å². The summed E-state index contributed by atoms with van der Waals surface area (Å²) < 4.78 is 0. The van der Waals surface area contributed by atoms with E-state index in [4.69, 9.17) is 17.9 Å². The molecule has 76 valence electrons. The van der Waals surface area contributed by atoms with Crippen molar-refractivity contribution in [2.45, 2.75) is 6.92 Å². The Bertz CT molecular complexity index is 448. The fraction of sp³-hybridized carbons (Fsp3) is 0.0769. The molecule has 0 heterocycles. The first-order valence-electron chi connectivity index (χ1n) is 4.60. The molecule has 0 saturated carbocycles. The van der Waals surface area contributed by atoms with Crippen molar-refractivity contribution < 1.29 is 0 Å². The van der Waals surface area contributed by atoms with Crippen LogP contribution in [0.2, 0.25) is 0 Å². The van der Waals surface area contributed by atoms with Crippen molar-refractivity contribution >= 4 is 11.3 Å². The quantitative estimate of drug-likeness (QED) is 0.434. The second kappa shape index (κ2) is 4.92. The van der Waals surface area contributed by atoms with Crippen molar-refractivity contribution in [2.24, 2.45) is 5.73 Å². The average molecular weight is 198 g/mol. The van der Waals surface area contributed by atoms with Crippen LogP contribution in [0, 0.1) is 12.3 Å². The van der Waals surface area contributed by atoms with Gasteiger partial charge < -0.3 is 11.5 Å². The molecular formula is C13H14N2. The molecule has 2 heteroatoms. The summed E-state index contributed by atoms with van der Waals surface area (Å²) >= 11 is 0. The SMILES string of the molecule is C#C/C(N)=C\C=C(/C)c1ccccc1N. The lowest BCUT2D eigenvalue weighted by atomic mass is 10.1. The number of benzene rings is 1. The van der Waals surface area contributed by atoms with Gasteiger partial charge in [0.25, 0.3) is 0 Å². The number of nitrogen functional groups attached to an aromatic ring is 1. The maximum atomic E-state index is 5.83. The third-order valence-corrected chi connectivity index (χ3v) is 2.07. The number of rotatable bonds is 2. The largest absolute Gasteiger partial charge is 0.398 e. The molecule has 4 N–H and O–H groups in total. The molecule has 0 aliphatic heterocycles. The topological polar surface area (TPSA) is 52.0 Å². The maximum absolute atomic E-state index is 5.83. The third-order valence-electron chi connectivity index (χ3n) is 2.07. The molecule has 0 unspecified atom stereocenters. The molecule has 0 amide bonds. The molecule has 0 saturated heterocycles. The lowest BCUT2D eigenvalue weighted by Crippen LogP contribution is -1.93. The van der Waals surface area contributed by atoms with Crippen LogP contribution in [0.15, 0.2) is 42.1 Å². The van der Waals surface area contributed by atoms with Gasteiger partial charge in [0, 0.05) is 11.3 Å². The lowest BCUT2D eigenvalue weighted by molar-refractivity contribution is 1.46. The molecule has 0 aliphatic carbocycles. The fourth-order valence-corrected chi connectivity index (χ4v) is 1.21. The highest BCUT2D eigenvalue weighted by molar-refractivity contribution is 5.74. The summed E-state index contributed by atoms with van der Waals surface area (Å²) in [6, 6.07) is 7.66. The number of allylic oxidation sites excluding steroid dienone is 4. The zero-order valence-corrected chi connectivity index (χ0v) is 8.70. The van der Waals surface area contributed by atoms with E-state index in [-0.39, 0.29) is 0 Å². The molecule has 0 aliphatic rings. The Morgan fingerprint density at radius 1 is 1.33 bits per heavy atom. The van der Waals surface area contributed by atoms with Crippen LogP contribution < -0.4 is 11.5 Å². The molecule has 1 aromatic carbocycles. The van der Waals surface area contributed by atoms with Crippen molar-refractivity contribution in [3.63, 3.8) is 0 Å². The average Bonchev–Trinajstić information content (AvgIpc) is 2.26. The van der Waals surface area contributed by atoms with Crippen LogP contribution in [0.25, 0.3) is 5.57 Å². The summed E-state index contributed by atoms with van der Waals surface area (Å²) in [7, 11) is 0. The van der Waals surface area contributed by atoms with E-state index < -0.39 is 0 Å². The molecule has 2 nitrogen and oxygen atoms in total. The summed E-state index contributed by atoms with van der Waals surface area (Å²) in [5.74, 6) is 2.35. The van der Waals surface area contributed by atoms with E-state index in [9.17, 15) is 0 Å². The van der Waals surface area contributed by atoms with Crippen LogP contribution in [0.4, 0.5) is 5.69 Å². The van der Waals surface area contributed by atoms with E-state index in [1.165, 1.54) is 0 Å². The first-order valence-corrected chi connectivity index (χ1v) is 4.60. The lowest BCUT2D eigenvalue weighted by Gasteiger charge is -2.04. The van der Waals surface area contributed by atoms with Crippen LogP contribution in [0.3, 0.4) is 0 Å². The zero-order chi connectivity index (χ0) is 11.3. The summed E-state index contributed by atoms with van der Waals surface area (Å²) in [5.41, 5.74) is 14.5. The van der Waals surface area contributed by atoms with Crippen LogP contribution in [0.1, 0.15) is 12.5 Å². The van der Waals surface area contributed by atoms with Gasteiger partial charge in [-0.15, -0.1) is 6.42 Å². The van der Waals surface area contributed by atoms with Gasteiger partial charge >= 0.3 is 0 Å². The highest BCUT2D eigenvalue weighted by Crippen LogP contribution is 2.20. The minimum atomic E-state index is 0.406. The van der Waals surface area contributed by atoms with Crippen molar-refractivity contribution in [2.75, 3.05) is 5.73 Å². The van der Waals surface area contributed by atoms with Crippen molar-refractivity contribution in [1.82, 2.24) is 0 Å². The second-order valence-corrected chi connectivity index (χ2v) is 3.20.